The van der Waals surface area contributed by atoms with Gasteiger partial charge in [0.05, 0.1) is 18.4 Å². The van der Waals surface area contributed by atoms with Gasteiger partial charge in [0.2, 0.25) is 0 Å². The van der Waals surface area contributed by atoms with E-state index in [2.05, 4.69) is 4.98 Å². The number of carboxylic acids is 1. The molecule has 1 aliphatic heterocycles. The lowest BCUT2D eigenvalue weighted by atomic mass is 9.79. The maximum absolute atomic E-state index is 10.8. The summed E-state index contributed by atoms with van der Waals surface area (Å²) in [6.45, 7) is 0.741. The minimum atomic E-state index is -1.02. The molecule has 1 atom stereocenters. The van der Waals surface area contributed by atoms with Gasteiger partial charge in [-0.15, -0.1) is 0 Å². The second-order valence-corrected chi connectivity index (χ2v) is 6.01. The summed E-state index contributed by atoms with van der Waals surface area (Å²) in [5.41, 5.74) is 0.0494. The fourth-order valence-corrected chi connectivity index (χ4v) is 3.40. The van der Waals surface area contributed by atoms with E-state index in [-0.39, 0.29) is 17.4 Å². The fraction of sp³-hybridized carbons (Fsp3) is 0.625. The zero-order chi connectivity index (χ0) is 14.7. The number of hydrogen-bond donors (Lipinski definition) is 1. The largest absolute Gasteiger partial charge is 0.489 e. The van der Waals surface area contributed by atoms with E-state index in [0.717, 1.165) is 32.3 Å². The molecule has 1 saturated carbocycles. The Kier molecular flexibility index (Phi) is 4.10. The monoisotopic (exact) mass is 291 g/mol. The third-order valence-electron chi connectivity index (χ3n) is 4.47. The van der Waals surface area contributed by atoms with Gasteiger partial charge in [0.1, 0.15) is 17.5 Å². The van der Waals surface area contributed by atoms with E-state index in [1.165, 1.54) is 31.5 Å². The molecule has 114 valence electrons. The molecule has 0 bridgehead atoms. The van der Waals surface area contributed by atoms with Gasteiger partial charge in [-0.2, -0.15) is 0 Å². The molecule has 0 amide bonds. The van der Waals surface area contributed by atoms with Crippen LogP contribution in [0.15, 0.2) is 18.3 Å². The molecule has 1 unspecified atom stereocenters. The van der Waals surface area contributed by atoms with Gasteiger partial charge in [-0.1, -0.05) is 19.3 Å². The fourth-order valence-electron chi connectivity index (χ4n) is 3.40. The topological polar surface area (TPSA) is 68.7 Å². The third kappa shape index (κ3) is 3.35. The van der Waals surface area contributed by atoms with Crippen molar-refractivity contribution in [2.24, 2.45) is 0 Å². The first-order chi connectivity index (χ1) is 10.2. The number of pyridine rings is 1. The highest BCUT2D eigenvalue weighted by molar-refractivity contribution is 5.85. The Bertz CT molecular complexity index is 488. The van der Waals surface area contributed by atoms with E-state index < -0.39 is 5.97 Å². The van der Waals surface area contributed by atoms with Crippen LogP contribution in [0, 0.1) is 0 Å². The quantitative estimate of drug-likeness (QED) is 0.927. The molecule has 0 aromatic carbocycles. The molecular formula is C16H21NO4. The predicted octanol–water partition coefficient (Wildman–Crippen LogP) is 3.04. The predicted molar refractivity (Wildman–Crippen MR) is 76.6 cm³/mol. The van der Waals surface area contributed by atoms with E-state index in [1.807, 2.05) is 0 Å². The van der Waals surface area contributed by atoms with E-state index in [9.17, 15) is 4.79 Å². The molecule has 21 heavy (non-hydrogen) atoms. The van der Waals surface area contributed by atoms with Crippen LogP contribution in [0.3, 0.4) is 0 Å². The van der Waals surface area contributed by atoms with Gasteiger partial charge in [-0.05, 0) is 25.0 Å². The number of carbonyl (C=O) groups is 1. The Morgan fingerprint density at radius 1 is 1.33 bits per heavy atom. The van der Waals surface area contributed by atoms with Crippen molar-refractivity contribution in [3.05, 3.63) is 24.0 Å². The highest BCUT2D eigenvalue weighted by atomic mass is 16.5. The number of hydrogen-bond acceptors (Lipinski definition) is 4. The first-order valence-corrected chi connectivity index (χ1v) is 7.67. The Morgan fingerprint density at radius 3 is 2.81 bits per heavy atom. The number of aromatic nitrogens is 1. The summed E-state index contributed by atoms with van der Waals surface area (Å²) < 4.78 is 12.0. The zero-order valence-electron chi connectivity index (χ0n) is 12.1. The number of nitrogens with zero attached hydrogens (tertiary/aromatic N) is 1. The SMILES string of the molecule is O=C(O)c1ccc(OC2CCOC3(CCCCC3)C2)cn1. The molecule has 2 fully saturated rings. The summed E-state index contributed by atoms with van der Waals surface area (Å²) in [7, 11) is 0. The van der Waals surface area contributed by atoms with E-state index in [4.69, 9.17) is 14.6 Å². The van der Waals surface area contributed by atoms with Gasteiger partial charge in [-0.3, -0.25) is 0 Å². The molecule has 1 aromatic heterocycles. The number of carboxylic acid groups (broad SMARTS) is 1. The van der Waals surface area contributed by atoms with Gasteiger partial charge < -0.3 is 14.6 Å². The highest BCUT2D eigenvalue weighted by Gasteiger charge is 2.39. The molecule has 5 heteroatoms. The summed E-state index contributed by atoms with van der Waals surface area (Å²) >= 11 is 0. The minimum Gasteiger partial charge on any atom is -0.489 e. The van der Waals surface area contributed by atoms with E-state index in [1.54, 1.807) is 6.07 Å². The molecule has 5 nitrogen and oxygen atoms in total. The summed E-state index contributed by atoms with van der Waals surface area (Å²) in [5, 5.41) is 8.84. The normalized spacial score (nSPS) is 24.7. The van der Waals surface area contributed by atoms with Crippen molar-refractivity contribution in [1.29, 1.82) is 0 Å². The molecule has 3 rings (SSSR count). The van der Waals surface area contributed by atoms with Crippen molar-refractivity contribution in [2.75, 3.05) is 6.61 Å². The maximum Gasteiger partial charge on any atom is 0.354 e. The summed E-state index contributed by atoms with van der Waals surface area (Å²) in [4.78, 5) is 14.7. The van der Waals surface area contributed by atoms with Crippen LogP contribution in [0.2, 0.25) is 0 Å². The van der Waals surface area contributed by atoms with Crippen LogP contribution in [0.5, 0.6) is 5.75 Å². The van der Waals surface area contributed by atoms with Crippen molar-refractivity contribution >= 4 is 5.97 Å². The lowest BCUT2D eigenvalue weighted by molar-refractivity contribution is -0.129. The number of aromatic carboxylic acids is 1. The van der Waals surface area contributed by atoms with Crippen LogP contribution < -0.4 is 4.74 Å². The third-order valence-corrected chi connectivity index (χ3v) is 4.47. The van der Waals surface area contributed by atoms with Gasteiger partial charge in [0.25, 0.3) is 0 Å². The smallest absolute Gasteiger partial charge is 0.354 e. The average Bonchev–Trinajstić information content (AvgIpc) is 2.49. The zero-order valence-corrected chi connectivity index (χ0v) is 12.1. The summed E-state index contributed by atoms with van der Waals surface area (Å²) in [6.07, 6.45) is 9.46. The molecule has 1 aromatic rings. The standard InChI is InChI=1S/C16H21NO4/c18-15(19)14-5-4-13(11-17-14)21-12-6-9-20-16(10-12)7-2-1-3-8-16/h4-5,11-12H,1-3,6-10H2,(H,18,19). The number of ether oxygens (including phenoxy) is 2. The van der Waals surface area contributed by atoms with Gasteiger partial charge in [-0.25, -0.2) is 9.78 Å². The first-order valence-electron chi connectivity index (χ1n) is 7.67. The van der Waals surface area contributed by atoms with Crippen molar-refractivity contribution in [3.8, 4) is 5.75 Å². The van der Waals surface area contributed by atoms with E-state index in [0.29, 0.717) is 5.75 Å². The Labute approximate surface area is 124 Å². The molecule has 2 heterocycles. The summed E-state index contributed by atoms with van der Waals surface area (Å²) in [5.74, 6) is -0.383. The van der Waals surface area contributed by atoms with Crippen LogP contribution in [-0.2, 0) is 4.74 Å². The minimum absolute atomic E-state index is 0.00952. The van der Waals surface area contributed by atoms with Crippen LogP contribution in [-0.4, -0.2) is 34.4 Å². The Balaban J connectivity index is 1.62. The van der Waals surface area contributed by atoms with Crippen molar-refractivity contribution in [2.45, 2.75) is 56.7 Å². The van der Waals surface area contributed by atoms with E-state index >= 15 is 0 Å². The van der Waals surface area contributed by atoms with Gasteiger partial charge in [0, 0.05) is 12.8 Å². The second kappa shape index (κ2) is 6.02. The molecule has 1 spiro atoms. The Hall–Kier alpha value is -1.62. The van der Waals surface area contributed by atoms with Crippen LogP contribution >= 0.6 is 0 Å². The molecule has 1 saturated heterocycles. The molecular weight excluding hydrogens is 270 g/mol. The van der Waals surface area contributed by atoms with Crippen molar-refractivity contribution in [1.82, 2.24) is 4.98 Å². The van der Waals surface area contributed by atoms with Crippen LogP contribution in [0.25, 0.3) is 0 Å². The molecule has 1 aliphatic carbocycles. The molecule has 2 aliphatic rings. The first kappa shape index (κ1) is 14.3. The lowest BCUT2D eigenvalue weighted by Crippen LogP contribution is -2.45. The Morgan fingerprint density at radius 2 is 2.14 bits per heavy atom. The second-order valence-electron chi connectivity index (χ2n) is 6.01. The van der Waals surface area contributed by atoms with Crippen LogP contribution in [0.4, 0.5) is 0 Å². The van der Waals surface area contributed by atoms with Crippen molar-refractivity contribution < 1.29 is 19.4 Å². The summed E-state index contributed by atoms with van der Waals surface area (Å²) in [6, 6.07) is 3.16. The molecule has 1 N–H and O–H groups in total. The highest BCUT2D eigenvalue weighted by Crippen LogP contribution is 2.39. The maximum atomic E-state index is 10.8. The number of rotatable bonds is 3. The van der Waals surface area contributed by atoms with Crippen LogP contribution in [0.1, 0.15) is 55.4 Å². The average molecular weight is 291 g/mol. The lowest BCUT2D eigenvalue weighted by Gasteiger charge is -2.43. The van der Waals surface area contributed by atoms with Crippen molar-refractivity contribution in [3.63, 3.8) is 0 Å². The molecule has 0 radical (unpaired) electrons. The van der Waals surface area contributed by atoms with Gasteiger partial charge in [0.15, 0.2) is 0 Å². The van der Waals surface area contributed by atoms with Gasteiger partial charge >= 0.3 is 5.97 Å².